The van der Waals surface area contributed by atoms with E-state index < -0.39 is 0 Å². The van der Waals surface area contributed by atoms with Gasteiger partial charge in [-0.15, -0.1) is 0 Å². The van der Waals surface area contributed by atoms with Crippen molar-refractivity contribution in [1.29, 1.82) is 0 Å². The summed E-state index contributed by atoms with van der Waals surface area (Å²) >= 11 is 0. The molecule has 4 heterocycles. The topological polar surface area (TPSA) is 87.6 Å². The summed E-state index contributed by atoms with van der Waals surface area (Å²) in [6.07, 6.45) is 2.41. The number of aliphatic hydroxyl groups is 1. The van der Waals surface area contributed by atoms with Gasteiger partial charge in [-0.1, -0.05) is 12.1 Å². The van der Waals surface area contributed by atoms with Gasteiger partial charge in [0.2, 0.25) is 5.91 Å². The van der Waals surface area contributed by atoms with Crippen LogP contribution in [0.25, 0.3) is 11.0 Å². The van der Waals surface area contributed by atoms with Gasteiger partial charge < -0.3 is 19.7 Å². The van der Waals surface area contributed by atoms with Gasteiger partial charge in [0, 0.05) is 38.0 Å². The van der Waals surface area contributed by atoms with Crippen LogP contribution < -0.4 is 5.69 Å². The number of hydrogen-bond donors (Lipinski definition) is 2. The molecule has 0 unspecified atom stereocenters. The first kappa shape index (κ1) is 16.1. The fourth-order valence-corrected chi connectivity index (χ4v) is 5.32. The first-order chi connectivity index (χ1) is 12.6. The maximum Gasteiger partial charge on any atom is 0.326 e. The van der Waals surface area contributed by atoms with Crippen LogP contribution in [0.4, 0.5) is 0 Å². The van der Waals surface area contributed by atoms with E-state index in [0.29, 0.717) is 19.6 Å². The number of fused-ring (bicyclic) bond motifs is 2. The quantitative estimate of drug-likeness (QED) is 0.844. The van der Waals surface area contributed by atoms with Crippen molar-refractivity contribution in [2.24, 2.45) is 11.8 Å². The molecule has 5 rings (SSSR count). The van der Waals surface area contributed by atoms with E-state index in [0.717, 1.165) is 23.9 Å². The molecule has 26 heavy (non-hydrogen) atoms. The Hall–Kier alpha value is -2.12. The lowest BCUT2D eigenvalue weighted by molar-refractivity contribution is -0.132. The molecule has 1 amide bonds. The highest BCUT2D eigenvalue weighted by Crippen LogP contribution is 2.54. The van der Waals surface area contributed by atoms with Crippen molar-refractivity contribution < 1.29 is 14.6 Å². The molecule has 3 saturated heterocycles. The third-order valence-electron chi connectivity index (χ3n) is 6.58. The van der Waals surface area contributed by atoms with E-state index in [2.05, 4.69) is 4.98 Å². The van der Waals surface area contributed by atoms with Crippen LogP contribution in [0.2, 0.25) is 0 Å². The van der Waals surface area contributed by atoms with E-state index in [9.17, 15) is 14.7 Å². The molecular formula is C19H23N3O4. The van der Waals surface area contributed by atoms with Gasteiger partial charge in [0.05, 0.1) is 29.3 Å². The van der Waals surface area contributed by atoms with Crippen molar-refractivity contribution in [3.63, 3.8) is 0 Å². The smallest absolute Gasteiger partial charge is 0.326 e. The third-order valence-corrected chi connectivity index (χ3v) is 6.58. The number of H-pyrrole nitrogens is 1. The van der Waals surface area contributed by atoms with Crippen molar-refractivity contribution in [2.45, 2.75) is 37.5 Å². The van der Waals surface area contributed by atoms with Crippen molar-refractivity contribution in [3.05, 3.63) is 34.7 Å². The Morgan fingerprint density at radius 2 is 2.23 bits per heavy atom. The molecule has 1 spiro atoms. The van der Waals surface area contributed by atoms with Crippen molar-refractivity contribution >= 4 is 16.9 Å². The molecule has 4 atom stereocenters. The summed E-state index contributed by atoms with van der Waals surface area (Å²) in [4.78, 5) is 29.6. The summed E-state index contributed by atoms with van der Waals surface area (Å²) in [5.74, 6) is 0.443. The maximum absolute atomic E-state index is 12.8. The van der Waals surface area contributed by atoms with Crippen molar-refractivity contribution in [2.75, 3.05) is 19.7 Å². The Kier molecular flexibility index (Phi) is 3.52. The van der Waals surface area contributed by atoms with Crippen molar-refractivity contribution in [3.8, 4) is 0 Å². The monoisotopic (exact) mass is 357 g/mol. The maximum atomic E-state index is 12.8. The number of rotatable bonds is 4. The second-order valence-electron chi connectivity index (χ2n) is 7.84. The zero-order chi connectivity index (χ0) is 17.9. The molecule has 3 aliphatic heterocycles. The van der Waals surface area contributed by atoms with Gasteiger partial charge in [-0.2, -0.15) is 0 Å². The molecule has 0 saturated carbocycles. The van der Waals surface area contributed by atoms with Gasteiger partial charge >= 0.3 is 5.69 Å². The van der Waals surface area contributed by atoms with E-state index >= 15 is 0 Å². The van der Waals surface area contributed by atoms with Crippen LogP contribution in [0, 0.1) is 11.8 Å². The second-order valence-corrected chi connectivity index (χ2v) is 7.84. The van der Waals surface area contributed by atoms with Crippen LogP contribution in [-0.4, -0.2) is 56.9 Å². The van der Waals surface area contributed by atoms with Gasteiger partial charge in [0.1, 0.15) is 0 Å². The number of amides is 1. The largest absolute Gasteiger partial charge is 0.396 e. The number of carbonyl (C=O) groups excluding carboxylic acids is 1. The Labute approximate surface area is 150 Å². The molecule has 0 aliphatic carbocycles. The molecule has 0 radical (unpaired) electrons. The number of benzene rings is 1. The highest BCUT2D eigenvalue weighted by molar-refractivity contribution is 5.78. The molecule has 2 N–H and O–H groups in total. The van der Waals surface area contributed by atoms with E-state index in [-0.39, 0.29) is 48.2 Å². The zero-order valence-corrected chi connectivity index (χ0v) is 14.6. The van der Waals surface area contributed by atoms with Gasteiger partial charge in [0.25, 0.3) is 0 Å². The molecule has 7 heteroatoms. The zero-order valence-electron chi connectivity index (χ0n) is 14.6. The number of nitrogens with one attached hydrogen (secondary N) is 1. The van der Waals surface area contributed by atoms with Gasteiger partial charge in [-0.25, -0.2) is 4.79 Å². The molecule has 7 nitrogen and oxygen atoms in total. The predicted molar refractivity (Wildman–Crippen MR) is 94.7 cm³/mol. The molecule has 3 fully saturated rings. The summed E-state index contributed by atoms with van der Waals surface area (Å²) in [6, 6.07) is 7.51. The first-order valence-corrected chi connectivity index (χ1v) is 9.35. The van der Waals surface area contributed by atoms with Crippen LogP contribution >= 0.6 is 0 Å². The molecule has 138 valence electrons. The number of ether oxygens (including phenoxy) is 1. The second kappa shape index (κ2) is 5.69. The number of para-hydroxylation sites is 2. The summed E-state index contributed by atoms with van der Waals surface area (Å²) < 4.78 is 7.81. The lowest BCUT2D eigenvalue weighted by Crippen LogP contribution is -2.38. The van der Waals surface area contributed by atoms with Crippen LogP contribution in [0.15, 0.2) is 29.1 Å². The Balaban J connectivity index is 1.30. The van der Waals surface area contributed by atoms with Crippen LogP contribution in [0.3, 0.4) is 0 Å². The predicted octanol–water partition coefficient (Wildman–Crippen LogP) is 0.718. The number of aliphatic hydroxyl groups excluding tert-OH is 1. The number of aromatic nitrogens is 2. The average Bonchev–Trinajstić information content (AvgIpc) is 3.36. The van der Waals surface area contributed by atoms with E-state index in [1.807, 2.05) is 29.2 Å². The van der Waals surface area contributed by atoms with Crippen LogP contribution in [0.1, 0.15) is 19.3 Å². The summed E-state index contributed by atoms with van der Waals surface area (Å²) in [6.45, 7) is 1.77. The molecular weight excluding hydrogens is 334 g/mol. The normalized spacial score (nSPS) is 32.5. The molecule has 2 aromatic rings. The number of nitrogens with zero attached hydrogens (tertiary/aromatic N) is 2. The minimum absolute atomic E-state index is 0.0506. The Morgan fingerprint density at radius 3 is 3.08 bits per heavy atom. The van der Waals surface area contributed by atoms with Gasteiger partial charge in [-0.3, -0.25) is 9.36 Å². The highest BCUT2D eigenvalue weighted by atomic mass is 16.5. The van der Waals surface area contributed by atoms with Gasteiger partial charge in [-0.05, 0) is 25.0 Å². The van der Waals surface area contributed by atoms with E-state index in [1.165, 1.54) is 0 Å². The van der Waals surface area contributed by atoms with Gasteiger partial charge in [0.15, 0.2) is 0 Å². The fraction of sp³-hybridized carbons (Fsp3) is 0.579. The number of carbonyl (C=O) groups is 1. The highest BCUT2D eigenvalue weighted by Gasteiger charge is 2.63. The molecule has 1 aromatic heterocycles. The number of aryl methyl sites for hydroxylation is 1. The van der Waals surface area contributed by atoms with Crippen LogP contribution in [-0.2, 0) is 16.1 Å². The lowest BCUT2D eigenvalue weighted by atomic mass is 9.74. The summed E-state index contributed by atoms with van der Waals surface area (Å²) in [5.41, 5.74) is 1.18. The minimum Gasteiger partial charge on any atom is -0.396 e. The molecule has 2 bridgehead atoms. The summed E-state index contributed by atoms with van der Waals surface area (Å²) in [7, 11) is 0. The number of likely N-dealkylation sites (tertiary alicyclic amines) is 1. The Morgan fingerprint density at radius 1 is 1.38 bits per heavy atom. The number of aromatic amines is 1. The Bertz CT molecular complexity index is 919. The molecule has 3 aliphatic rings. The van der Waals surface area contributed by atoms with Crippen molar-refractivity contribution in [1.82, 2.24) is 14.5 Å². The van der Waals surface area contributed by atoms with E-state index in [1.54, 1.807) is 4.57 Å². The number of imidazole rings is 1. The first-order valence-electron chi connectivity index (χ1n) is 9.35. The third kappa shape index (κ3) is 2.20. The number of hydrogen-bond acceptors (Lipinski definition) is 4. The fourth-order valence-electron chi connectivity index (χ4n) is 5.32. The standard InChI is InChI=1S/C19H23N3O4/c23-10-12-13-9-21(11-19(13)7-5-16(12)26-19)17(24)6-8-22-15-4-2-1-3-14(15)20-18(22)25/h1-4,12-13,16,23H,5-11H2,(H,20,25)/t12-,13+,16+,19+/m1/s1. The SMILES string of the molecule is O=C(CCn1c(=O)[nH]c2ccccc21)N1C[C@H]2[C@@H](CO)[C@@H]3CC[C@@]2(C1)O3. The van der Waals surface area contributed by atoms with E-state index in [4.69, 9.17) is 4.74 Å². The minimum atomic E-state index is -0.245. The molecule has 1 aromatic carbocycles. The lowest BCUT2D eigenvalue weighted by Gasteiger charge is -2.27. The van der Waals surface area contributed by atoms with Crippen LogP contribution in [0.5, 0.6) is 0 Å². The summed E-state index contributed by atoms with van der Waals surface area (Å²) in [5, 5.41) is 9.69. The average molecular weight is 357 g/mol.